The number of anilines is 3. The highest BCUT2D eigenvalue weighted by Crippen LogP contribution is 2.20. The molecule has 1 amide bonds. The molecule has 2 heterocycles. The quantitative estimate of drug-likeness (QED) is 0.691. The van der Waals surface area contributed by atoms with E-state index in [1.54, 1.807) is 36.7 Å². The lowest BCUT2D eigenvalue weighted by atomic mass is 10.2. The van der Waals surface area contributed by atoms with E-state index < -0.39 is 0 Å². The van der Waals surface area contributed by atoms with Gasteiger partial charge in [0.25, 0.3) is 5.91 Å². The van der Waals surface area contributed by atoms with Crippen molar-refractivity contribution in [1.82, 2.24) is 15.2 Å². The van der Waals surface area contributed by atoms with Crippen LogP contribution in [-0.4, -0.2) is 21.1 Å². The van der Waals surface area contributed by atoms with Gasteiger partial charge >= 0.3 is 0 Å². The lowest BCUT2D eigenvalue weighted by Gasteiger charge is -2.10. The van der Waals surface area contributed by atoms with Crippen molar-refractivity contribution in [2.45, 2.75) is 0 Å². The number of amides is 1. The molecule has 2 aromatic heterocycles. The van der Waals surface area contributed by atoms with Crippen LogP contribution in [0.3, 0.4) is 0 Å². The van der Waals surface area contributed by atoms with Gasteiger partial charge in [0.2, 0.25) is 0 Å². The van der Waals surface area contributed by atoms with E-state index in [0.717, 1.165) is 0 Å². The van der Waals surface area contributed by atoms with Gasteiger partial charge in [-0.1, -0.05) is 6.07 Å². The topological polar surface area (TPSA) is 82.7 Å². The largest absolute Gasteiger partial charge is 0.339 e. The van der Waals surface area contributed by atoms with E-state index in [1.165, 1.54) is 18.3 Å². The fourth-order valence-corrected chi connectivity index (χ4v) is 1.91. The van der Waals surface area contributed by atoms with Crippen LogP contribution in [0.1, 0.15) is 10.4 Å². The summed E-state index contributed by atoms with van der Waals surface area (Å²) in [5.74, 6) is -0.368. The van der Waals surface area contributed by atoms with Gasteiger partial charge in [-0.2, -0.15) is 5.10 Å². The zero-order valence-electron chi connectivity index (χ0n) is 11.4. The molecule has 0 aliphatic rings. The number of halogens is 1. The summed E-state index contributed by atoms with van der Waals surface area (Å²) in [5, 5.41) is 12.0. The van der Waals surface area contributed by atoms with Gasteiger partial charge in [0.05, 0.1) is 17.4 Å². The van der Waals surface area contributed by atoms with Crippen molar-refractivity contribution < 1.29 is 9.18 Å². The van der Waals surface area contributed by atoms with Gasteiger partial charge in [-0.05, 0) is 30.3 Å². The first-order valence-corrected chi connectivity index (χ1v) is 6.50. The number of hydrogen-bond donors (Lipinski definition) is 3. The average molecular weight is 297 g/mol. The monoisotopic (exact) mass is 297 g/mol. The van der Waals surface area contributed by atoms with E-state index in [2.05, 4.69) is 25.8 Å². The van der Waals surface area contributed by atoms with Crippen LogP contribution >= 0.6 is 0 Å². The average Bonchev–Trinajstić information content (AvgIpc) is 3.01. The van der Waals surface area contributed by atoms with Gasteiger partial charge in [-0.15, -0.1) is 0 Å². The number of carbonyl (C=O) groups excluding carboxylic acids is 1. The van der Waals surface area contributed by atoms with Crippen LogP contribution in [0, 0.1) is 5.82 Å². The molecule has 0 saturated carbocycles. The zero-order valence-corrected chi connectivity index (χ0v) is 11.4. The van der Waals surface area contributed by atoms with Gasteiger partial charge in [-0.3, -0.25) is 9.89 Å². The molecule has 22 heavy (non-hydrogen) atoms. The van der Waals surface area contributed by atoms with E-state index in [4.69, 9.17) is 0 Å². The van der Waals surface area contributed by atoms with E-state index >= 15 is 0 Å². The first kappa shape index (κ1) is 13.7. The molecule has 0 bridgehead atoms. The highest BCUT2D eigenvalue weighted by atomic mass is 19.1. The second kappa shape index (κ2) is 6.04. The molecule has 0 unspecified atom stereocenters. The maximum Gasteiger partial charge on any atom is 0.259 e. The van der Waals surface area contributed by atoms with Crippen molar-refractivity contribution >= 4 is 23.1 Å². The molecule has 0 atom stereocenters. The molecule has 3 aromatic rings. The Kier molecular flexibility index (Phi) is 3.78. The van der Waals surface area contributed by atoms with Crippen LogP contribution in [0.15, 0.2) is 55.0 Å². The third kappa shape index (κ3) is 3.09. The van der Waals surface area contributed by atoms with Crippen LogP contribution < -0.4 is 10.6 Å². The van der Waals surface area contributed by atoms with Crippen molar-refractivity contribution in [1.29, 1.82) is 0 Å². The summed E-state index contributed by atoms with van der Waals surface area (Å²) in [6, 6.07) is 9.22. The minimum absolute atomic E-state index is 0.339. The Bertz CT molecular complexity index is 788. The zero-order chi connectivity index (χ0) is 15.4. The van der Waals surface area contributed by atoms with Gasteiger partial charge in [-0.25, -0.2) is 9.37 Å². The molecular formula is C15H12FN5O. The predicted molar refractivity (Wildman–Crippen MR) is 80.5 cm³/mol. The number of aromatic amines is 1. The molecule has 7 heteroatoms. The molecule has 6 nitrogen and oxygen atoms in total. The van der Waals surface area contributed by atoms with Crippen molar-refractivity contribution in [3.8, 4) is 0 Å². The van der Waals surface area contributed by atoms with Crippen LogP contribution in [-0.2, 0) is 0 Å². The molecule has 0 aliphatic carbocycles. The maximum atomic E-state index is 13.2. The molecule has 3 rings (SSSR count). The highest BCUT2D eigenvalue weighted by molar-refractivity contribution is 6.07. The van der Waals surface area contributed by atoms with Crippen molar-refractivity contribution in [3.05, 3.63) is 66.4 Å². The summed E-state index contributed by atoms with van der Waals surface area (Å²) in [6.45, 7) is 0. The Morgan fingerprint density at radius 1 is 1.18 bits per heavy atom. The number of nitrogens with zero attached hydrogens (tertiary/aromatic N) is 2. The molecule has 0 aliphatic heterocycles. The van der Waals surface area contributed by atoms with Crippen LogP contribution in [0.2, 0.25) is 0 Å². The van der Waals surface area contributed by atoms with E-state index in [1.807, 2.05) is 0 Å². The second-order valence-corrected chi connectivity index (χ2v) is 4.48. The molecule has 3 N–H and O–H groups in total. The summed E-state index contributed by atoms with van der Waals surface area (Å²) in [4.78, 5) is 16.4. The lowest BCUT2D eigenvalue weighted by molar-refractivity contribution is 0.102. The summed E-state index contributed by atoms with van der Waals surface area (Å²) in [5.41, 5.74) is 1.40. The van der Waals surface area contributed by atoms with E-state index in [0.29, 0.717) is 22.8 Å². The normalized spacial score (nSPS) is 10.2. The summed E-state index contributed by atoms with van der Waals surface area (Å²) in [6.07, 6.45) is 4.61. The fourth-order valence-electron chi connectivity index (χ4n) is 1.91. The number of benzene rings is 1. The summed E-state index contributed by atoms with van der Waals surface area (Å²) in [7, 11) is 0. The van der Waals surface area contributed by atoms with E-state index in [9.17, 15) is 9.18 Å². The Morgan fingerprint density at radius 2 is 2.09 bits per heavy atom. The molecule has 0 radical (unpaired) electrons. The smallest absolute Gasteiger partial charge is 0.259 e. The van der Waals surface area contributed by atoms with Crippen molar-refractivity contribution in [2.75, 3.05) is 10.6 Å². The molecule has 1 aromatic carbocycles. The number of pyridine rings is 1. The number of H-pyrrole nitrogens is 1. The maximum absolute atomic E-state index is 13.2. The SMILES string of the molecule is O=C(Nc1cn[nH]c1)c1cccnc1Nc1cccc(F)c1. The van der Waals surface area contributed by atoms with E-state index in [-0.39, 0.29) is 11.7 Å². The molecular weight excluding hydrogens is 285 g/mol. The number of nitrogens with one attached hydrogen (secondary N) is 3. The highest BCUT2D eigenvalue weighted by Gasteiger charge is 2.13. The fraction of sp³-hybridized carbons (Fsp3) is 0. The second-order valence-electron chi connectivity index (χ2n) is 4.48. The van der Waals surface area contributed by atoms with Crippen molar-refractivity contribution in [2.24, 2.45) is 0 Å². The Balaban J connectivity index is 1.85. The number of aromatic nitrogens is 3. The van der Waals surface area contributed by atoms with Crippen LogP contribution in [0.4, 0.5) is 21.6 Å². The van der Waals surface area contributed by atoms with Gasteiger partial charge in [0.1, 0.15) is 11.6 Å². The molecule has 0 spiro atoms. The minimum atomic E-state index is -0.370. The first-order valence-electron chi connectivity index (χ1n) is 6.50. The minimum Gasteiger partial charge on any atom is -0.339 e. The number of hydrogen-bond acceptors (Lipinski definition) is 4. The number of rotatable bonds is 4. The Morgan fingerprint density at radius 3 is 2.86 bits per heavy atom. The summed E-state index contributed by atoms with van der Waals surface area (Å²) >= 11 is 0. The van der Waals surface area contributed by atoms with Gasteiger partial charge in [0.15, 0.2) is 0 Å². The van der Waals surface area contributed by atoms with Gasteiger partial charge < -0.3 is 10.6 Å². The summed E-state index contributed by atoms with van der Waals surface area (Å²) < 4.78 is 13.2. The lowest BCUT2D eigenvalue weighted by Crippen LogP contribution is -2.14. The molecule has 0 saturated heterocycles. The van der Waals surface area contributed by atoms with Crippen LogP contribution in [0.25, 0.3) is 0 Å². The number of carbonyl (C=O) groups is 1. The molecule has 110 valence electrons. The molecule has 0 fully saturated rings. The van der Waals surface area contributed by atoms with Crippen molar-refractivity contribution in [3.63, 3.8) is 0 Å². The Labute approximate surface area is 125 Å². The van der Waals surface area contributed by atoms with Gasteiger partial charge in [0, 0.05) is 18.1 Å². The Hall–Kier alpha value is -3.22. The first-order chi connectivity index (χ1) is 10.7. The standard InChI is InChI=1S/C15H12FN5O/c16-10-3-1-4-11(7-10)20-14-13(5-2-6-17-14)15(22)21-12-8-18-19-9-12/h1-9H,(H,17,20)(H,18,19)(H,21,22). The third-order valence-corrected chi connectivity index (χ3v) is 2.90. The predicted octanol–water partition coefficient (Wildman–Crippen LogP) is 2.94. The third-order valence-electron chi connectivity index (χ3n) is 2.90. The van der Waals surface area contributed by atoms with Crippen LogP contribution in [0.5, 0.6) is 0 Å².